The van der Waals surface area contributed by atoms with Gasteiger partial charge in [-0.05, 0) is 71.1 Å². The van der Waals surface area contributed by atoms with Gasteiger partial charge in [0.2, 0.25) is 5.91 Å². The molecule has 0 rings (SSSR count). The fraction of sp³-hybridized carbons (Fsp3) is 0.649. The lowest BCUT2D eigenvalue weighted by atomic mass is 10.1. The molecular formula is C37H66N2O6P+. The summed E-state index contributed by atoms with van der Waals surface area (Å²) in [5.41, 5.74) is 0. The van der Waals surface area contributed by atoms with Crippen molar-refractivity contribution in [3.05, 3.63) is 72.9 Å². The highest BCUT2D eigenvalue weighted by Gasteiger charge is 2.27. The van der Waals surface area contributed by atoms with Gasteiger partial charge in [0.1, 0.15) is 13.2 Å². The van der Waals surface area contributed by atoms with Crippen molar-refractivity contribution >= 4 is 13.7 Å². The number of nitrogens with zero attached hydrogens (tertiary/aromatic N) is 1. The molecule has 46 heavy (non-hydrogen) atoms. The lowest BCUT2D eigenvalue weighted by Crippen LogP contribution is -2.45. The topological polar surface area (TPSA) is 105 Å². The Hall–Kier alpha value is -2.06. The Balaban J connectivity index is 4.63. The van der Waals surface area contributed by atoms with Gasteiger partial charge in [-0.2, -0.15) is 0 Å². The third-order valence-electron chi connectivity index (χ3n) is 6.98. The molecule has 0 radical (unpaired) electrons. The van der Waals surface area contributed by atoms with Crippen LogP contribution in [-0.2, 0) is 18.4 Å². The highest BCUT2D eigenvalue weighted by Crippen LogP contribution is 2.43. The molecule has 3 atom stereocenters. The Bertz CT molecular complexity index is 981. The predicted molar refractivity (Wildman–Crippen MR) is 193 cm³/mol. The molecule has 3 N–H and O–H groups in total. The molecule has 0 spiro atoms. The maximum atomic E-state index is 12.7. The first-order chi connectivity index (χ1) is 22.0. The number of phosphoric ester groups is 1. The smallest absolute Gasteiger partial charge is 0.387 e. The zero-order chi connectivity index (χ0) is 34.4. The summed E-state index contributed by atoms with van der Waals surface area (Å²) in [6.07, 6.45) is 37.1. The molecule has 264 valence electrons. The minimum absolute atomic E-state index is 0.0455. The summed E-state index contributed by atoms with van der Waals surface area (Å²) < 4.78 is 23.3. The monoisotopic (exact) mass is 665 g/mol. The number of rotatable bonds is 29. The second-order valence-corrected chi connectivity index (χ2v) is 14.0. The van der Waals surface area contributed by atoms with Crippen LogP contribution < -0.4 is 5.32 Å². The van der Waals surface area contributed by atoms with E-state index in [1.165, 1.54) is 0 Å². The number of carbonyl (C=O) groups excluding carboxylic acids is 1. The molecule has 0 aromatic heterocycles. The molecule has 0 aromatic carbocycles. The van der Waals surface area contributed by atoms with E-state index in [1.807, 2.05) is 40.2 Å². The van der Waals surface area contributed by atoms with Gasteiger partial charge >= 0.3 is 7.82 Å². The van der Waals surface area contributed by atoms with Crippen molar-refractivity contribution in [1.29, 1.82) is 0 Å². The van der Waals surface area contributed by atoms with E-state index in [0.717, 1.165) is 83.5 Å². The second-order valence-electron chi connectivity index (χ2n) is 12.5. The Morgan fingerprint density at radius 2 is 1.35 bits per heavy atom. The van der Waals surface area contributed by atoms with Gasteiger partial charge in [-0.1, -0.05) is 99.1 Å². The SMILES string of the molecule is C/C=C/CC/C=C/CC/C=C/C(O)C(COP(=O)(O)OCC[N+](C)(C)C)NC(=O)CCCCCCC/C=C\C/C=C\C/C=C\CC. The number of carbonyl (C=O) groups is 1. The number of hydrogen-bond donors (Lipinski definition) is 3. The van der Waals surface area contributed by atoms with E-state index in [-0.39, 0.29) is 19.1 Å². The molecule has 0 aliphatic carbocycles. The van der Waals surface area contributed by atoms with Gasteiger partial charge in [0.05, 0.1) is 39.9 Å². The Kier molecular flexibility index (Phi) is 27.8. The molecule has 0 saturated heterocycles. The van der Waals surface area contributed by atoms with Crippen LogP contribution in [0.15, 0.2) is 72.9 Å². The first kappa shape index (κ1) is 43.9. The van der Waals surface area contributed by atoms with Gasteiger partial charge in [0.15, 0.2) is 0 Å². The summed E-state index contributed by atoms with van der Waals surface area (Å²) in [5, 5.41) is 13.6. The van der Waals surface area contributed by atoms with E-state index in [4.69, 9.17) is 9.05 Å². The number of quaternary nitrogens is 1. The van der Waals surface area contributed by atoms with E-state index in [1.54, 1.807) is 6.08 Å². The van der Waals surface area contributed by atoms with Gasteiger partial charge in [-0.15, -0.1) is 0 Å². The number of aliphatic hydroxyl groups excluding tert-OH is 1. The summed E-state index contributed by atoms with van der Waals surface area (Å²) >= 11 is 0. The first-order valence-corrected chi connectivity index (χ1v) is 18.8. The van der Waals surface area contributed by atoms with Gasteiger partial charge in [-0.25, -0.2) is 4.57 Å². The molecular weight excluding hydrogens is 599 g/mol. The minimum atomic E-state index is -4.34. The van der Waals surface area contributed by atoms with E-state index in [9.17, 15) is 19.4 Å². The van der Waals surface area contributed by atoms with Crippen LogP contribution >= 0.6 is 7.82 Å². The van der Waals surface area contributed by atoms with Crippen molar-refractivity contribution in [1.82, 2.24) is 5.32 Å². The molecule has 0 aliphatic heterocycles. The van der Waals surface area contributed by atoms with Crippen molar-refractivity contribution < 1.29 is 32.9 Å². The molecule has 3 unspecified atom stereocenters. The number of allylic oxidation sites excluding steroid dienone is 11. The van der Waals surface area contributed by atoms with Gasteiger partial charge < -0.3 is 19.8 Å². The summed E-state index contributed by atoms with van der Waals surface area (Å²) in [7, 11) is 1.51. The van der Waals surface area contributed by atoms with Gasteiger partial charge in [0, 0.05) is 6.42 Å². The first-order valence-electron chi connectivity index (χ1n) is 17.3. The van der Waals surface area contributed by atoms with Crippen LogP contribution in [-0.4, -0.2) is 73.4 Å². The van der Waals surface area contributed by atoms with Crippen molar-refractivity contribution in [3.8, 4) is 0 Å². The average molecular weight is 666 g/mol. The fourth-order valence-corrected chi connectivity index (χ4v) is 4.94. The minimum Gasteiger partial charge on any atom is -0.387 e. The van der Waals surface area contributed by atoms with Crippen LogP contribution in [0.1, 0.15) is 104 Å². The van der Waals surface area contributed by atoms with Crippen molar-refractivity contribution in [2.45, 2.75) is 116 Å². The van der Waals surface area contributed by atoms with Crippen molar-refractivity contribution in [2.24, 2.45) is 0 Å². The zero-order valence-electron chi connectivity index (χ0n) is 29.5. The number of nitrogens with one attached hydrogen (secondary N) is 1. The summed E-state index contributed by atoms with van der Waals surface area (Å²) in [5.74, 6) is -0.218. The molecule has 9 heteroatoms. The van der Waals surface area contributed by atoms with Crippen LogP contribution in [0.3, 0.4) is 0 Å². The number of amides is 1. The maximum absolute atomic E-state index is 12.7. The summed E-state index contributed by atoms with van der Waals surface area (Å²) in [4.78, 5) is 22.9. The van der Waals surface area contributed by atoms with Crippen LogP contribution in [0.5, 0.6) is 0 Å². The standard InChI is InChI=1S/C37H65N2O6P/c1-6-8-10-12-14-16-17-18-19-20-21-23-25-27-29-31-37(41)38-35(34-45-46(42,43)44-33-32-39(3,4)5)36(40)30-28-26-24-22-15-13-11-9-7-2/h7-10,14-16,18-19,22,28,30,35-36,40H,6,11-13,17,20-21,23-27,29,31-34H2,1-5H3,(H-,38,41,42,43)/p+1/b9-7+,10-8-,16-14-,19-18-,22-15+,30-28+. The van der Waals surface area contributed by atoms with E-state index >= 15 is 0 Å². The molecule has 0 bridgehead atoms. The average Bonchev–Trinajstić information content (AvgIpc) is 2.99. The summed E-state index contributed by atoms with van der Waals surface area (Å²) in [6, 6.07) is -0.878. The Morgan fingerprint density at radius 3 is 2.00 bits per heavy atom. The zero-order valence-corrected chi connectivity index (χ0v) is 30.4. The lowest BCUT2D eigenvalue weighted by molar-refractivity contribution is -0.870. The highest BCUT2D eigenvalue weighted by atomic mass is 31.2. The van der Waals surface area contributed by atoms with Crippen molar-refractivity contribution in [3.63, 3.8) is 0 Å². The molecule has 0 heterocycles. The van der Waals surface area contributed by atoms with Gasteiger partial charge in [0.25, 0.3) is 0 Å². The van der Waals surface area contributed by atoms with Crippen LogP contribution in [0.2, 0.25) is 0 Å². The molecule has 1 amide bonds. The van der Waals surface area contributed by atoms with Gasteiger partial charge in [-0.3, -0.25) is 13.8 Å². The van der Waals surface area contributed by atoms with Crippen molar-refractivity contribution in [2.75, 3.05) is 40.9 Å². The second kappa shape index (κ2) is 29.1. The lowest BCUT2D eigenvalue weighted by Gasteiger charge is -2.25. The fourth-order valence-electron chi connectivity index (χ4n) is 4.21. The number of aliphatic hydroxyl groups is 1. The molecule has 0 fully saturated rings. The molecule has 8 nitrogen and oxygen atoms in total. The molecule has 0 saturated carbocycles. The largest absolute Gasteiger partial charge is 0.472 e. The quantitative estimate of drug-likeness (QED) is 0.0320. The summed E-state index contributed by atoms with van der Waals surface area (Å²) in [6.45, 7) is 4.37. The molecule has 0 aromatic rings. The third kappa shape index (κ3) is 30.6. The van der Waals surface area contributed by atoms with E-state index in [0.29, 0.717) is 17.4 Å². The highest BCUT2D eigenvalue weighted by molar-refractivity contribution is 7.47. The number of unbranched alkanes of at least 4 members (excludes halogenated alkanes) is 7. The maximum Gasteiger partial charge on any atom is 0.472 e. The van der Waals surface area contributed by atoms with E-state index < -0.39 is 20.0 Å². The normalized spacial score (nSPS) is 15.7. The Morgan fingerprint density at radius 1 is 0.783 bits per heavy atom. The van der Waals surface area contributed by atoms with Crippen LogP contribution in [0.4, 0.5) is 0 Å². The number of phosphoric acid groups is 1. The van der Waals surface area contributed by atoms with Crippen LogP contribution in [0.25, 0.3) is 0 Å². The molecule has 0 aliphatic rings. The Labute approximate surface area is 281 Å². The number of hydrogen-bond acceptors (Lipinski definition) is 5. The number of likely N-dealkylation sites (N-methyl/N-ethyl adjacent to an activating group) is 1. The van der Waals surface area contributed by atoms with Crippen LogP contribution in [0, 0.1) is 0 Å². The predicted octanol–water partition coefficient (Wildman–Crippen LogP) is 8.51. The third-order valence-corrected chi connectivity index (χ3v) is 7.97. The van der Waals surface area contributed by atoms with E-state index in [2.05, 4.69) is 66.9 Å².